The minimum atomic E-state index is -2.74. The van der Waals surface area contributed by atoms with E-state index < -0.39 is 37.1 Å². The fourth-order valence-electron chi connectivity index (χ4n) is 0.401. The maximum atomic E-state index is 10.6. The van der Waals surface area contributed by atoms with Gasteiger partial charge in [0.05, 0.1) is 0 Å². The molecule has 0 aromatic heterocycles. The number of rotatable bonds is 5. The number of hydrogen-bond donors (Lipinski definition) is 1. The molecule has 0 amide bonds. The van der Waals surface area contributed by atoms with E-state index in [2.05, 4.69) is 21.0 Å². The molecule has 0 rings (SSSR count). The van der Waals surface area contributed by atoms with E-state index in [1.165, 1.54) is 0 Å². The molecule has 14 heavy (non-hydrogen) atoms. The van der Waals surface area contributed by atoms with Crippen LogP contribution in [0.3, 0.4) is 0 Å². The van der Waals surface area contributed by atoms with Gasteiger partial charge in [-0.15, -0.1) is 0 Å². The van der Waals surface area contributed by atoms with Crippen LogP contribution >= 0.6 is 25.1 Å². The monoisotopic (exact) mass is 400 g/mol. The fourth-order valence-corrected chi connectivity index (χ4v) is 1.96. The van der Waals surface area contributed by atoms with Crippen LogP contribution in [0.2, 0.25) is 0 Å². The van der Waals surface area contributed by atoms with Crippen molar-refractivity contribution in [1.82, 2.24) is 2.14 Å². The molecule has 1 unspecified atom stereocenters. The molecule has 1 N–H and O–H groups in total. The summed E-state index contributed by atoms with van der Waals surface area (Å²) in [6, 6.07) is 1.16. The zero-order chi connectivity index (χ0) is 11.4. The molecule has 0 aliphatic carbocycles. The zero-order valence-corrected chi connectivity index (χ0v) is 10.6. The summed E-state index contributed by atoms with van der Waals surface area (Å²) in [5.41, 5.74) is -2.74. The van der Waals surface area contributed by atoms with Gasteiger partial charge >= 0.3 is 101 Å². The number of aliphatic carboxylic acids is 1. The van der Waals surface area contributed by atoms with Gasteiger partial charge in [-0.25, -0.2) is 0 Å². The Morgan fingerprint density at radius 3 is 2.64 bits per heavy atom. The molecule has 0 saturated heterocycles. The number of hydrogen-bond acceptors (Lipinski definition) is 6. The summed E-state index contributed by atoms with van der Waals surface area (Å²) in [7, 11) is 5.31. The second-order valence-corrected chi connectivity index (χ2v) is 5.89. The Hall–Kier alpha value is -0.380. The van der Waals surface area contributed by atoms with E-state index in [9.17, 15) is 14.9 Å². The maximum absolute atomic E-state index is 10.6. The van der Waals surface area contributed by atoms with Crippen LogP contribution < -0.4 is 20.4 Å². The molecule has 0 heterocycles. The molecule has 1 atom stereocenters. The van der Waals surface area contributed by atoms with Crippen molar-refractivity contribution in [2.24, 2.45) is 0 Å². The molecule has 0 fully saturated rings. The number of carboxylic acid groups (broad SMARTS) is 1. The molecule has 11 heteroatoms. The van der Waals surface area contributed by atoms with Gasteiger partial charge in [0.1, 0.15) is 0 Å². The molecule has 0 aliphatic heterocycles. The Balaban J connectivity index is 5.11. The van der Waals surface area contributed by atoms with E-state index in [0.717, 1.165) is 6.07 Å². The van der Waals surface area contributed by atoms with E-state index >= 15 is 0 Å². The predicted octanol–water partition coefficient (Wildman–Crippen LogP) is -2.73. The molecule has 8 nitrogen and oxygen atoms in total. The number of carboxylic acids is 1. The van der Waals surface area contributed by atoms with E-state index in [1.807, 2.05) is 0 Å². The van der Waals surface area contributed by atoms with Crippen molar-refractivity contribution in [3.63, 3.8) is 0 Å². The van der Waals surface area contributed by atoms with Gasteiger partial charge < -0.3 is 0 Å². The summed E-state index contributed by atoms with van der Waals surface area (Å²) in [6.45, 7) is 0. The van der Waals surface area contributed by atoms with Crippen molar-refractivity contribution in [3.05, 3.63) is 10.1 Å². The van der Waals surface area contributed by atoms with Gasteiger partial charge in [0.25, 0.3) is 0 Å². The Morgan fingerprint density at radius 1 is 1.93 bits per heavy atom. The van der Waals surface area contributed by atoms with Crippen molar-refractivity contribution in [3.8, 4) is 6.07 Å². The topological polar surface area (TPSA) is 117 Å². The molecule has 0 aromatic carbocycles. The molecular formula is C3HBrClIN3O5-. The van der Waals surface area contributed by atoms with Crippen LogP contribution in [0.4, 0.5) is 0 Å². The van der Waals surface area contributed by atoms with Crippen molar-refractivity contribution >= 4 is 31.0 Å². The quantitative estimate of drug-likeness (QED) is 0.175. The Kier molecular flexibility index (Phi) is 5.34. The normalized spacial score (nSPS) is 14.4. The molecule has 0 saturated carbocycles. The first-order valence-corrected chi connectivity index (χ1v) is 7.01. The van der Waals surface area contributed by atoms with Crippen LogP contribution in [0.25, 0.3) is 0 Å². The molecule has 0 bridgehead atoms. The van der Waals surface area contributed by atoms with E-state index in [-0.39, 0.29) is 0 Å². The summed E-state index contributed by atoms with van der Waals surface area (Å²) in [4.78, 5) is 24.4. The first-order chi connectivity index (χ1) is 6.40. The average molecular weight is 401 g/mol. The Labute approximate surface area is 100 Å². The van der Waals surface area contributed by atoms with Crippen molar-refractivity contribution in [2.45, 2.75) is 5.72 Å². The second-order valence-electron chi connectivity index (χ2n) is 1.67. The molecule has 0 radical (unpaired) electrons. The third-order valence-electron chi connectivity index (χ3n) is 0.942. The molecule has 80 valence electrons. The SMILES string of the molecule is N#CC(O[N+](=O)[O-])(C(=O)O)N(Br)[I-]Cl. The molecule has 0 aliphatic rings. The molecule has 0 aromatic rings. The first-order valence-electron chi connectivity index (χ1n) is 2.61. The van der Waals surface area contributed by atoms with Gasteiger partial charge in [-0.05, 0) is 0 Å². The van der Waals surface area contributed by atoms with Crippen LogP contribution in [-0.2, 0) is 9.63 Å². The number of carbonyl (C=O) groups is 1. The molecule has 0 spiro atoms. The van der Waals surface area contributed by atoms with Crippen LogP contribution in [-0.4, -0.2) is 24.0 Å². The van der Waals surface area contributed by atoms with Crippen molar-refractivity contribution < 1.29 is 40.2 Å². The van der Waals surface area contributed by atoms with Gasteiger partial charge in [0.2, 0.25) is 0 Å². The van der Waals surface area contributed by atoms with Gasteiger partial charge in [-0.2, -0.15) is 0 Å². The standard InChI is InChI=1S/C3HBrClIN3O5/c4-8(6-5)3(1-7,2(10)11)14-9(12)13/h(H,10,11)/q-1. The first kappa shape index (κ1) is 13.6. The van der Waals surface area contributed by atoms with E-state index in [0.29, 0.717) is 2.14 Å². The summed E-state index contributed by atoms with van der Waals surface area (Å²) in [6.07, 6.45) is 0. The summed E-state index contributed by atoms with van der Waals surface area (Å²) < 4.78 is 0.603. The van der Waals surface area contributed by atoms with E-state index in [1.54, 1.807) is 0 Å². The number of nitriles is 1. The van der Waals surface area contributed by atoms with Crippen LogP contribution in [0.1, 0.15) is 0 Å². The third-order valence-corrected chi connectivity index (χ3v) is 5.23. The Bertz CT molecular complexity index is 296. The second kappa shape index (κ2) is 5.49. The van der Waals surface area contributed by atoms with E-state index in [4.69, 9.17) is 19.3 Å². The average Bonchev–Trinajstić information content (AvgIpc) is 2.12. The molecular weight excluding hydrogens is 400 g/mol. The van der Waals surface area contributed by atoms with Crippen LogP contribution in [0, 0.1) is 21.4 Å². The van der Waals surface area contributed by atoms with Gasteiger partial charge in [-0.3, -0.25) is 0 Å². The van der Waals surface area contributed by atoms with Crippen molar-refractivity contribution in [1.29, 1.82) is 5.26 Å². The van der Waals surface area contributed by atoms with Gasteiger partial charge in [0.15, 0.2) is 0 Å². The summed E-state index contributed by atoms with van der Waals surface area (Å²) >= 11 is 1.18. The van der Waals surface area contributed by atoms with Crippen molar-refractivity contribution in [2.75, 3.05) is 0 Å². The third kappa shape index (κ3) is 2.80. The van der Waals surface area contributed by atoms with Crippen LogP contribution in [0.15, 0.2) is 0 Å². The number of halogens is 3. The summed E-state index contributed by atoms with van der Waals surface area (Å²) in [5.74, 6) is -1.83. The minimum absolute atomic E-state index is 0.603. The zero-order valence-electron chi connectivity index (χ0n) is 6.06. The Morgan fingerprint density at radius 2 is 2.43 bits per heavy atom. The van der Waals surface area contributed by atoms with Crippen LogP contribution in [0.5, 0.6) is 0 Å². The van der Waals surface area contributed by atoms with Gasteiger partial charge in [-0.1, -0.05) is 0 Å². The number of nitrogens with zero attached hydrogens (tertiary/aromatic N) is 3. The predicted molar refractivity (Wildman–Crippen MR) is 40.7 cm³/mol. The fraction of sp³-hybridized carbons (Fsp3) is 0.333. The summed E-state index contributed by atoms with van der Waals surface area (Å²) in [5, 5.41) is 25.7. The van der Waals surface area contributed by atoms with Gasteiger partial charge in [0, 0.05) is 0 Å².